The van der Waals surface area contributed by atoms with Gasteiger partial charge in [-0.1, -0.05) is 6.07 Å². The van der Waals surface area contributed by atoms with Gasteiger partial charge in [-0.15, -0.1) is 0 Å². The van der Waals surface area contributed by atoms with Gasteiger partial charge in [0.05, 0.1) is 5.92 Å². The third-order valence-electron chi connectivity index (χ3n) is 3.95. The molecule has 18 heavy (non-hydrogen) atoms. The highest BCUT2D eigenvalue weighted by molar-refractivity contribution is 5.71. The summed E-state index contributed by atoms with van der Waals surface area (Å²) in [4.78, 5) is 11.0. The molecule has 0 radical (unpaired) electrons. The van der Waals surface area contributed by atoms with E-state index in [4.69, 9.17) is 5.11 Å². The second-order valence-corrected chi connectivity index (χ2v) is 5.11. The van der Waals surface area contributed by atoms with E-state index in [-0.39, 0.29) is 12.0 Å². The van der Waals surface area contributed by atoms with Crippen LogP contribution in [0.15, 0.2) is 6.07 Å². The highest BCUT2D eigenvalue weighted by Gasteiger charge is 2.31. The van der Waals surface area contributed by atoms with Gasteiger partial charge in [-0.3, -0.25) is 4.79 Å². The molecule has 3 N–H and O–H groups in total. The minimum atomic E-state index is -0.741. The number of phenols is 1. The highest BCUT2D eigenvalue weighted by Crippen LogP contribution is 2.35. The first-order valence-corrected chi connectivity index (χ1v) is 6.17. The molecule has 2 atom stereocenters. The van der Waals surface area contributed by atoms with Crippen LogP contribution in [0.3, 0.4) is 0 Å². The van der Waals surface area contributed by atoms with Gasteiger partial charge in [0, 0.05) is 12.6 Å². The summed E-state index contributed by atoms with van der Waals surface area (Å²) in [6.07, 6.45) is 0.611. The average molecular weight is 249 g/mol. The van der Waals surface area contributed by atoms with Crippen LogP contribution in [0.5, 0.6) is 5.75 Å². The lowest BCUT2D eigenvalue weighted by molar-refractivity contribution is -0.141. The average Bonchev–Trinajstić information content (AvgIpc) is 2.80. The minimum Gasteiger partial charge on any atom is -0.507 e. The van der Waals surface area contributed by atoms with E-state index < -0.39 is 5.97 Å². The van der Waals surface area contributed by atoms with Gasteiger partial charge in [0.1, 0.15) is 5.75 Å². The zero-order chi connectivity index (χ0) is 13.4. The largest absolute Gasteiger partial charge is 0.507 e. The smallest absolute Gasteiger partial charge is 0.307 e. The van der Waals surface area contributed by atoms with E-state index in [0.717, 1.165) is 22.3 Å². The van der Waals surface area contributed by atoms with E-state index in [2.05, 4.69) is 5.32 Å². The highest BCUT2D eigenvalue weighted by atomic mass is 16.4. The molecule has 0 saturated carbocycles. The van der Waals surface area contributed by atoms with Crippen LogP contribution in [-0.2, 0) is 4.79 Å². The molecule has 1 saturated heterocycles. The Bertz CT molecular complexity index is 496. The molecule has 0 aromatic heterocycles. The predicted octanol–water partition coefficient (Wildman–Crippen LogP) is 2.05. The maximum atomic E-state index is 11.0. The van der Waals surface area contributed by atoms with Crippen LogP contribution >= 0.6 is 0 Å². The molecule has 98 valence electrons. The quantitative estimate of drug-likeness (QED) is 0.750. The molecule has 4 nitrogen and oxygen atoms in total. The molecule has 1 aliphatic heterocycles. The third kappa shape index (κ3) is 2.08. The molecule has 1 heterocycles. The number of hydrogen-bond acceptors (Lipinski definition) is 3. The summed E-state index contributed by atoms with van der Waals surface area (Å²) in [6, 6.07) is 2.03. The Hall–Kier alpha value is -1.55. The summed E-state index contributed by atoms with van der Waals surface area (Å²) in [7, 11) is 0. The molecule has 1 fully saturated rings. The molecule has 0 amide bonds. The summed E-state index contributed by atoms with van der Waals surface area (Å²) < 4.78 is 0. The maximum absolute atomic E-state index is 11.0. The van der Waals surface area contributed by atoms with Crippen molar-refractivity contribution in [1.29, 1.82) is 0 Å². The van der Waals surface area contributed by atoms with E-state index in [1.165, 1.54) is 0 Å². The van der Waals surface area contributed by atoms with Gasteiger partial charge >= 0.3 is 5.97 Å². The van der Waals surface area contributed by atoms with E-state index in [1.54, 1.807) is 0 Å². The Morgan fingerprint density at radius 3 is 2.56 bits per heavy atom. The monoisotopic (exact) mass is 249 g/mol. The Balaban J connectivity index is 2.33. The summed E-state index contributed by atoms with van der Waals surface area (Å²) >= 11 is 0. The fourth-order valence-corrected chi connectivity index (χ4v) is 2.62. The standard InChI is InChI=1S/C14H19NO3/c1-7-4-11(8(2)9(3)13(7)16)12-5-10(6-15-12)14(17)18/h4,10,12,15-16H,5-6H2,1-3H3,(H,17,18). The van der Waals surface area contributed by atoms with Crippen LogP contribution in [-0.4, -0.2) is 22.7 Å². The van der Waals surface area contributed by atoms with Gasteiger partial charge in [-0.25, -0.2) is 0 Å². The van der Waals surface area contributed by atoms with Crippen molar-refractivity contribution in [2.45, 2.75) is 33.2 Å². The fourth-order valence-electron chi connectivity index (χ4n) is 2.62. The number of aliphatic carboxylic acids is 1. The molecular weight excluding hydrogens is 230 g/mol. The van der Waals surface area contributed by atoms with Crippen molar-refractivity contribution >= 4 is 5.97 Å². The topological polar surface area (TPSA) is 69.6 Å². The van der Waals surface area contributed by atoms with Crippen molar-refractivity contribution in [3.05, 3.63) is 28.3 Å². The molecule has 2 unspecified atom stereocenters. The molecule has 1 aliphatic rings. The predicted molar refractivity (Wildman–Crippen MR) is 68.8 cm³/mol. The van der Waals surface area contributed by atoms with Crippen molar-refractivity contribution < 1.29 is 15.0 Å². The van der Waals surface area contributed by atoms with Crippen molar-refractivity contribution in [2.75, 3.05) is 6.54 Å². The number of carbonyl (C=O) groups is 1. The van der Waals surface area contributed by atoms with Crippen molar-refractivity contribution in [2.24, 2.45) is 5.92 Å². The molecule has 0 bridgehead atoms. The summed E-state index contributed by atoms with van der Waals surface area (Å²) in [5, 5.41) is 22.2. The van der Waals surface area contributed by atoms with E-state index in [9.17, 15) is 9.90 Å². The number of aryl methyl sites for hydroxylation is 1. The van der Waals surface area contributed by atoms with E-state index in [1.807, 2.05) is 26.8 Å². The number of carboxylic acids is 1. The second kappa shape index (κ2) is 4.61. The number of aromatic hydroxyl groups is 1. The van der Waals surface area contributed by atoms with Gasteiger partial charge in [0.15, 0.2) is 0 Å². The SMILES string of the molecule is Cc1cc(C2CC(C(=O)O)CN2)c(C)c(C)c1O. The zero-order valence-electron chi connectivity index (χ0n) is 10.9. The van der Waals surface area contributed by atoms with Gasteiger partial charge in [-0.2, -0.15) is 0 Å². The van der Waals surface area contributed by atoms with Gasteiger partial charge in [0.25, 0.3) is 0 Å². The number of carboxylic acid groups (broad SMARTS) is 1. The minimum absolute atomic E-state index is 0.0732. The summed E-state index contributed by atoms with van der Waals surface area (Å²) in [6.45, 7) is 6.25. The maximum Gasteiger partial charge on any atom is 0.307 e. The Labute approximate surface area is 107 Å². The lowest BCUT2D eigenvalue weighted by Gasteiger charge is -2.18. The third-order valence-corrected chi connectivity index (χ3v) is 3.95. The van der Waals surface area contributed by atoms with Crippen molar-refractivity contribution in [3.63, 3.8) is 0 Å². The van der Waals surface area contributed by atoms with Gasteiger partial charge in [0.2, 0.25) is 0 Å². The van der Waals surface area contributed by atoms with Crippen LogP contribution in [0.25, 0.3) is 0 Å². The number of benzene rings is 1. The van der Waals surface area contributed by atoms with Crippen molar-refractivity contribution in [1.82, 2.24) is 5.32 Å². The van der Waals surface area contributed by atoms with Crippen LogP contribution < -0.4 is 5.32 Å². The van der Waals surface area contributed by atoms with Crippen LogP contribution in [0.1, 0.15) is 34.7 Å². The number of nitrogens with one attached hydrogen (secondary N) is 1. The van der Waals surface area contributed by atoms with Crippen molar-refractivity contribution in [3.8, 4) is 5.75 Å². The molecular formula is C14H19NO3. The molecule has 2 rings (SSSR count). The zero-order valence-corrected chi connectivity index (χ0v) is 10.9. The molecule has 1 aromatic carbocycles. The molecule has 1 aromatic rings. The summed E-state index contributed by atoms with van der Waals surface area (Å²) in [5.41, 5.74) is 3.87. The van der Waals surface area contributed by atoms with E-state index in [0.29, 0.717) is 18.7 Å². The van der Waals surface area contributed by atoms with Crippen LogP contribution in [0.4, 0.5) is 0 Å². The molecule has 0 aliphatic carbocycles. The number of rotatable bonds is 2. The normalized spacial score (nSPS) is 23.3. The second-order valence-electron chi connectivity index (χ2n) is 5.11. The van der Waals surface area contributed by atoms with E-state index >= 15 is 0 Å². The first-order chi connectivity index (χ1) is 8.41. The van der Waals surface area contributed by atoms with Crippen LogP contribution in [0.2, 0.25) is 0 Å². The van der Waals surface area contributed by atoms with Gasteiger partial charge in [-0.05, 0) is 49.4 Å². The first-order valence-electron chi connectivity index (χ1n) is 6.17. The fraction of sp³-hybridized carbons (Fsp3) is 0.500. The Morgan fingerprint density at radius 2 is 2.00 bits per heavy atom. The van der Waals surface area contributed by atoms with Gasteiger partial charge < -0.3 is 15.5 Å². The lowest BCUT2D eigenvalue weighted by Crippen LogP contribution is -2.17. The lowest BCUT2D eigenvalue weighted by atomic mass is 9.91. The Morgan fingerprint density at radius 1 is 1.33 bits per heavy atom. The molecule has 0 spiro atoms. The molecule has 4 heteroatoms. The van der Waals surface area contributed by atoms with Crippen LogP contribution in [0, 0.1) is 26.7 Å². The summed E-state index contributed by atoms with van der Waals surface area (Å²) in [5.74, 6) is -0.720. The number of hydrogen-bond donors (Lipinski definition) is 3. The number of phenolic OH excluding ortho intramolecular Hbond substituents is 1. The Kier molecular flexibility index (Phi) is 3.30. The first kappa shape index (κ1) is 12.9.